The molecular formula is C16H15ClO2. The molecule has 2 N–H and O–H groups in total. The molecule has 3 heteroatoms. The van der Waals surface area contributed by atoms with Crippen molar-refractivity contribution < 1.29 is 10.2 Å². The molecule has 0 aliphatic heterocycles. The zero-order valence-corrected chi connectivity index (χ0v) is 11.3. The molecule has 98 valence electrons. The Hall–Kier alpha value is -1.35. The van der Waals surface area contributed by atoms with Crippen LogP contribution in [0.3, 0.4) is 0 Å². The molecule has 0 saturated carbocycles. The van der Waals surface area contributed by atoms with Crippen molar-refractivity contribution in [1.82, 2.24) is 0 Å². The smallest absolute Gasteiger partial charge is 0.0980 e. The molecule has 3 rings (SSSR count). The van der Waals surface area contributed by atoms with E-state index in [4.69, 9.17) is 11.6 Å². The average Bonchev–Trinajstić information content (AvgIpc) is 2.38. The number of aliphatic hydroxyl groups excluding tert-OH is 2. The molecule has 0 spiro atoms. The van der Waals surface area contributed by atoms with Crippen LogP contribution in [0.5, 0.6) is 0 Å². The highest BCUT2D eigenvalue weighted by Gasteiger charge is 2.27. The quantitative estimate of drug-likeness (QED) is 0.781. The minimum Gasteiger partial charge on any atom is -0.392 e. The molecule has 3 atom stereocenters. The zero-order chi connectivity index (χ0) is 13.6. The van der Waals surface area contributed by atoms with Gasteiger partial charge in [0, 0.05) is 16.3 Å². The SMILES string of the molecule is C[C@H](O)C1C=CC(O)c2c1cc(Cl)c1ccccc21. The van der Waals surface area contributed by atoms with Gasteiger partial charge in [-0.2, -0.15) is 0 Å². The van der Waals surface area contributed by atoms with E-state index in [9.17, 15) is 10.2 Å². The predicted molar refractivity (Wildman–Crippen MR) is 77.5 cm³/mol. The Bertz CT molecular complexity index is 661. The minimum absolute atomic E-state index is 0.125. The van der Waals surface area contributed by atoms with Gasteiger partial charge >= 0.3 is 0 Å². The van der Waals surface area contributed by atoms with Crippen LogP contribution in [0.1, 0.15) is 30.1 Å². The van der Waals surface area contributed by atoms with Crippen molar-refractivity contribution in [2.45, 2.75) is 25.0 Å². The van der Waals surface area contributed by atoms with E-state index in [1.165, 1.54) is 0 Å². The number of fused-ring (bicyclic) bond motifs is 3. The topological polar surface area (TPSA) is 40.5 Å². The number of hydrogen-bond acceptors (Lipinski definition) is 2. The van der Waals surface area contributed by atoms with Gasteiger partial charge in [0.05, 0.1) is 12.2 Å². The van der Waals surface area contributed by atoms with Gasteiger partial charge in [0.2, 0.25) is 0 Å². The fraction of sp³-hybridized carbons (Fsp3) is 0.250. The molecule has 0 radical (unpaired) electrons. The summed E-state index contributed by atoms with van der Waals surface area (Å²) >= 11 is 6.32. The Morgan fingerprint density at radius 3 is 2.53 bits per heavy atom. The lowest BCUT2D eigenvalue weighted by Crippen LogP contribution is -2.19. The van der Waals surface area contributed by atoms with Crippen molar-refractivity contribution >= 4 is 22.4 Å². The second-order valence-corrected chi connectivity index (χ2v) is 5.41. The van der Waals surface area contributed by atoms with Crippen LogP contribution in [0.25, 0.3) is 10.8 Å². The van der Waals surface area contributed by atoms with Crippen LogP contribution in [0.2, 0.25) is 5.02 Å². The van der Waals surface area contributed by atoms with Crippen LogP contribution in [0.4, 0.5) is 0 Å². The summed E-state index contributed by atoms with van der Waals surface area (Å²) in [7, 11) is 0. The lowest BCUT2D eigenvalue weighted by atomic mass is 9.81. The minimum atomic E-state index is -0.646. The highest BCUT2D eigenvalue weighted by atomic mass is 35.5. The van der Waals surface area contributed by atoms with Crippen LogP contribution >= 0.6 is 11.6 Å². The third-order valence-electron chi connectivity index (χ3n) is 3.74. The molecule has 1 aliphatic carbocycles. The molecule has 2 unspecified atom stereocenters. The first kappa shape index (κ1) is 12.7. The van der Waals surface area contributed by atoms with E-state index < -0.39 is 12.2 Å². The highest BCUT2D eigenvalue weighted by molar-refractivity contribution is 6.35. The Kier molecular flexibility index (Phi) is 3.09. The molecule has 0 fully saturated rings. The first-order valence-electron chi connectivity index (χ1n) is 6.35. The molecule has 0 aromatic heterocycles. The van der Waals surface area contributed by atoms with E-state index in [1.807, 2.05) is 36.4 Å². The summed E-state index contributed by atoms with van der Waals surface area (Å²) in [5.74, 6) is -0.125. The maximum absolute atomic E-state index is 10.2. The van der Waals surface area contributed by atoms with Gasteiger partial charge in [-0.1, -0.05) is 48.0 Å². The maximum atomic E-state index is 10.2. The molecule has 19 heavy (non-hydrogen) atoms. The molecular weight excluding hydrogens is 260 g/mol. The van der Waals surface area contributed by atoms with Gasteiger partial charge in [-0.05, 0) is 29.5 Å². The highest BCUT2D eigenvalue weighted by Crippen LogP contribution is 2.41. The van der Waals surface area contributed by atoms with Crippen LogP contribution in [0.15, 0.2) is 42.5 Å². The summed E-state index contributed by atoms with van der Waals surface area (Å²) in [6, 6.07) is 9.63. The summed E-state index contributed by atoms with van der Waals surface area (Å²) in [5.41, 5.74) is 1.77. The summed E-state index contributed by atoms with van der Waals surface area (Å²) in [6.07, 6.45) is 2.43. The lowest BCUT2D eigenvalue weighted by Gasteiger charge is -2.28. The molecule has 2 aromatic rings. The van der Waals surface area contributed by atoms with Gasteiger partial charge in [-0.15, -0.1) is 0 Å². The third-order valence-corrected chi connectivity index (χ3v) is 4.06. The molecule has 0 heterocycles. The van der Waals surface area contributed by atoms with Crippen LogP contribution in [-0.2, 0) is 0 Å². The molecule has 0 saturated heterocycles. The summed E-state index contributed by atoms with van der Waals surface area (Å²) in [5, 5.41) is 22.7. The maximum Gasteiger partial charge on any atom is 0.0980 e. The molecule has 0 bridgehead atoms. The van der Waals surface area contributed by atoms with E-state index >= 15 is 0 Å². The summed E-state index contributed by atoms with van der Waals surface area (Å²) in [4.78, 5) is 0. The second-order valence-electron chi connectivity index (χ2n) is 5.00. The molecule has 2 nitrogen and oxygen atoms in total. The van der Waals surface area contributed by atoms with Gasteiger partial charge in [0.15, 0.2) is 0 Å². The third kappa shape index (κ3) is 1.96. The average molecular weight is 275 g/mol. The second kappa shape index (κ2) is 4.64. The fourth-order valence-electron chi connectivity index (χ4n) is 2.83. The van der Waals surface area contributed by atoms with Crippen molar-refractivity contribution in [1.29, 1.82) is 0 Å². The lowest BCUT2D eigenvalue weighted by molar-refractivity contribution is 0.170. The standard InChI is InChI=1S/C16H15ClO2/c1-9(18)10-6-7-15(19)16-12-5-3-2-4-11(12)14(17)8-13(10)16/h2-10,15,18-19H,1H3/t9-,10?,15?/m0/s1. The zero-order valence-electron chi connectivity index (χ0n) is 10.5. The van der Waals surface area contributed by atoms with Gasteiger partial charge in [0.25, 0.3) is 0 Å². The number of rotatable bonds is 1. The first-order valence-corrected chi connectivity index (χ1v) is 6.73. The van der Waals surface area contributed by atoms with Crippen LogP contribution in [0, 0.1) is 0 Å². The predicted octanol–water partition coefficient (Wildman–Crippen LogP) is 3.56. The number of halogens is 1. The first-order chi connectivity index (χ1) is 9.09. The van der Waals surface area contributed by atoms with Crippen molar-refractivity contribution in [2.24, 2.45) is 0 Å². The van der Waals surface area contributed by atoms with Gasteiger partial charge in [-0.3, -0.25) is 0 Å². The van der Waals surface area contributed by atoms with Gasteiger partial charge < -0.3 is 10.2 Å². The number of aliphatic hydroxyl groups is 2. The normalized spacial score (nSPS) is 23.4. The fourth-order valence-corrected chi connectivity index (χ4v) is 3.11. The van der Waals surface area contributed by atoms with Crippen molar-refractivity contribution in [3.8, 4) is 0 Å². The van der Waals surface area contributed by atoms with E-state index in [0.717, 1.165) is 21.9 Å². The van der Waals surface area contributed by atoms with Gasteiger partial charge in [-0.25, -0.2) is 0 Å². The Morgan fingerprint density at radius 2 is 1.84 bits per heavy atom. The summed E-state index contributed by atoms with van der Waals surface area (Å²) < 4.78 is 0. The van der Waals surface area contributed by atoms with E-state index in [1.54, 1.807) is 13.0 Å². The van der Waals surface area contributed by atoms with E-state index in [2.05, 4.69) is 0 Å². The molecule has 1 aliphatic rings. The Labute approximate surface area is 116 Å². The van der Waals surface area contributed by atoms with E-state index in [-0.39, 0.29) is 5.92 Å². The van der Waals surface area contributed by atoms with Crippen LogP contribution in [-0.4, -0.2) is 16.3 Å². The monoisotopic (exact) mass is 274 g/mol. The van der Waals surface area contributed by atoms with Gasteiger partial charge in [0.1, 0.15) is 0 Å². The largest absolute Gasteiger partial charge is 0.392 e. The Morgan fingerprint density at radius 1 is 1.16 bits per heavy atom. The Balaban J connectivity index is 2.36. The van der Waals surface area contributed by atoms with Crippen LogP contribution < -0.4 is 0 Å². The summed E-state index contributed by atoms with van der Waals surface area (Å²) in [6.45, 7) is 1.75. The molecule has 2 aromatic carbocycles. The van der Waals surface area contributed by atoms with Crippen molar-refractivity contribution in [2.75, 3.05) is 0 Å². The van der Waals surface area contributed by atoms with Crippen molar-refractivity contribution in [3.05, 3.63) is 58.6 Å². The number of benzene rings is 2. The number of hydrogen-bond donors (Lipinski definition) is 2. The van der Waals surface area contributed by atoms with Crippen molar-refractivity contribution in [3.63, 3.8) is 0 Å². The molecule has 0 amide bonds. The van der Waals surface area contributed by atoms with E-state index in [0.29, 0.717) is 5.02 Å².